The highest BCUT2D eigenvalue weighted by Crippen LogP contribution is 2.31. The van der Waals surface area contributed by atoms with E-state index >= 15 is 0 Å². The van der Waals surface area contributed by atoms with E-state index in [1.54, 1.807) is 0 Å². The molecule has 2 aromatic carbocycles. The van der Waals surface area contributed by atoms with Gasteiger partial charge >= 0.3 is 0 Å². The molecule has 5 nitrogen and oxygen atoms in total. The van der Waals surface area contributed by atoms with Gasteiger partial charge in [-0.15, -0.1) is 0 Å². The Bertz CT molecular complexity index is 1020. The van der Waals surface area contributed by atoms with Crippen LogP contribution in [0.5, 0.6) is 0 Å². The van der Waals surface area contributed by atoms with Crippen LogP contribution in [-0.2, 0) is 16.4 Å². The van der Waals surface area contributed by atoms with Crippen molar-refractivity contribution in [2.75, 3.05) is 13.1 Å². The zero-order valence-corrected chi connectivity index (χ0v) is 17.8. The fourth-order valence-electron chi connectivity index (χ4n) is 4.23. The number of rotatable bonds is 4. The van der Waals surface area contributed by atoms with Gasteiger partial charge in [0.1, 0.15) is 0 Å². The quantitative estimate of drug-likeness (QED) is 0.782. The fourth-order valence-corrected chi connectivity index (χ4v) is 5.98. The summed E-state index contributed by atoms with van der Waals surface area (Å²) in [5.74, 6) is -0.340. The largest absolute Gasteiger partial charge is 0.345 e. The highest BCUT2D eigenvalue weighted by molar-refractivity contribution is 7.89. The van der Waals surface area contributed by atoms with Crippen LogP contribution in [0.15, 0.2) is 47.4 Å². The number of hydrogen-bond acceptors (Lipinski definition) is 3. The van der Waals surface area contributed by atoms with Crippen molar-refractivity contribution < 1.29 is 13.2 Å². The Morgan fingerprint density at radius 1 is 1.03 bits per heavy atom. The number of nitrogens with zero attached hydrogens (tertiary/aromatic N) is 1. The maximum absolute atomic E-state index is 13.0. The summed E-state index contributed by atoms with van der Waals surface area (Å²) >= 11 is 6.28. The third kappa shape index (κ3) is 4.20. The smallest absolute Gasteiger partial charge is 0.253 e. The van der Waals surface area contributed by atoms with E-state index in [1.807, 2.05) is 18.2 Å². The van der Waals surface area contributed by atoms with Crippen molar-refractivity contribution in [3.05, 3.63) is 64.2 Å². The number of carbonyl (C=O) groups excluding carboxylic acids is 1. The Hall–Kier alpha value is -1.89. The van der Waals surface area contributed by atoms with E-state index < -0.39 is 10.0 Å². The molecule has 1 atom stereocenters. The molecule has 0 radical (unpaired) electrons. The zero-order chi connectivity index (χ0) is 20.4. The standard InChI is InChI=1S/C22H25ClN2O3S/c23-20-12-11-17(29(27,28)25-13-4-1-5-14-25)15-19(20)22(26)24-21-10-6-8-16-7-2-3-9-18(16)21/h2-3,7,9,11-12,15,21H,1,4-6,8,10,13-14H2,(H,24,26)/t21-/m1/s1. The van der Waals surface area contributed by atoms with Crippen molar-refractivity contribution in [3.8, 4) is 0 Å². The molecule has 1 saturated heterocycles. The lowest BCUT2D eigenvalue weighted by molar-refractivity contribution is 0.0932. The number of sulfonamides is 1. The summed E-state index contributed by atoms with van der Waals surface area (Å²) in [5.41, 5.74) is 2.57. The van der Waals surface area contributed by atoms with Crippen LogP contribution < -0.4 is 5.32 Å². The molecule has 1 amide bonds. The van der Waals surface area contributed by atoms with Crippen LogP contribution in [0.2, 0.25) is 5.02 Å². The molecule has 4 rings (SSSR count). The van der Waals surface area contributed by atoms with Crippen molar-refractivity contribution in [2.45, 2.75) is 49.5 Å². The molecule has 0 bridgehead atoms. The highest BCUT2D eigenvalue weighted by Gasteiger charge is 2.28. The Kier molecular flexibility index (Phi) is 5.95. The number of carbonyl (C=O) groups is 1. The second-order valence-electron chi connectivity index (χ2n) is 7.72. The van der Waals surface area contributed by atoms with E-state index in [4.69, 9.17) is 11.6 Å². The van der Waals surface area contributed by atoms with Gasteiger partial charge in [0, 0.05) is 13.1 Å². The molecule has 1 heterocycles. The Morgan fingerprint density at radius 2 is 1.79 bits per heavy atom. The van der Waals surface area contributed by atoms with Crippen molar-refractivity contribution in [1.82, 2.24) is 9.62 Å². The minimum atomic E-state index is -3.62. The molecule has 2 aromatic rings. The average Bonchev–Trinajstić information content (AvgIpc) is 2.75. The molecule has 1 N–H and O–H groups in total. The summed E-state index contributed by atoms with van der Waals surface area (Å²) in [6.07, 6.45) is 5.63. The second-order valence-corrected chi connectivity index (χ2v) is 10.1. The van der Waals surface area contributed by atoms with E-state index in [2.05, 4.69) is 11.4 Å². The number of piperidine rings is 1. The summed E-state index contributed by atoms with van der Waals surface area (Å²) in [6.45, 7) is 1.04. The molecule has 1 aliphatic carbocycles. The molecule has 0 unspecified atom stereocenters. The first kappa shape index (κ1) is 20.4. The van der Waals surface area contributed by atoms with E-state index in [9.17, 15) is 13.2 Å². The molecule has 29 heavy (non-hydrogen) atoms. The molecule has 0 saturated carbocycles. The van der Waals surface area contributed by atoms with Crippen LogP contribution in [0.3, 0.4) is 0 Å². The van der Waals surface area contributed by atoms with Gasteiger partial charge in [0.2, 0.25) is 10.0 Å². The molecule has 0 aromatic heterocycles. The van der Waals surface area contributed by atoms with E-state index in [1.165, 1.54) is 28.1 Å². The molecule has 0 spiro atoms. The average molecular weight is 433 g/mol. The van der Waals surface area contributed by atoms with Crippen LogP contribution >= 0.6 is 11.6 Å². The molecular formula is C22H25ClN2O3S. The first-order valence-electron chi connectivity index (χ1n) is 10.2. The summed E-state index contributed by atoms with van der Waals surface area (Å²) in [6, 6.07) is 12.4. The summed E-state index contributed by atoms with van der Waals surface area (Å²) in [5, 5.41) is 3.31. The molecule has 154 valence electrons. The number of halogens is 1. The zero-order valence-electron chi connectivity index (χ0n) is 16.2. The van der Waals surface area contributed by atoms with Gasteiger partial charge in [-0.05, 0) is 61.4 Å². The van der Waals surface area contributed by atoms with Crippen LogP contribution in [-0.4, -0.2) is 31.7 Å². The number of amides is 1. The topological polar surface area (TPSA) is 66.5 Å². The predicted molar refractivity (Wildman–Crippen MR) is 114 cm³/mol. The number of benzene rings is 2. The lowest BCUT2D eigenvalue weighted by Gasteiger charge is -2.27. The lowest BCUT2D eigenvalue weighted by atomic mass is 9.87. The van der Waals surface area contributed by atoms with Crippen LogP contribution in [0.25, 0.3) is 0 Å². The maximum Gasteiger partial charge on any atom is 0.253 e. The van der Waals surface area contributed by atoms with Crippen LogP contribution in [0, 0.1) is 0 Å². The molecule has 1 aliphatic heterocycles. The van der Waals surface area contributed by atoms with Gasteiger partial charge in [-0.25, -0.2) is 8.42 Å². The van der Waals surface area contributed by atoms with Crippen molar-refractivity contribution >= 4 is 27.5 Å². The Morgan fingerprint density at radius 3 is 2.59 bits per heavy atom. The van der Waals surface area contributed by atoms with Gasteiger partial charge in [0.25, 0.3) is 5.91 Å². The number of aryl methyl sites for hydroxylation is 1. The second kappa shape index (κ2) is 8.46. The number of nitrogens with one attached hydrogen (secondary N) is 1. The first-order chi connectivity index (χ1) is 14.0. The van der Waals surface area contributed by atoms with Crippen molar-refractivity contribution in [2.24, 2.45) is 0 Å². The van der Waals surface area contributed by atoms with Crippen molar-refractivity contribution in [1.29, 1.82) is 0 Å². The molecule has 2 aliphatic rings. The minimum Gasteiger partial charge on any atom is -0.345 e. The van der Waals surface area contributed by atoms with Gasteiger partial charge in [0.05, 0.1) is 21.5 Å². The summed E-state index contributed by atoms with van der Waals surface area (Å²) in [7, 11) is -3.62. The van der Waals surface area contributed by atoms with Gasteiger partial charge < -0.3 is 5.32 Å². The van der Waals surface area contributed by atoms with Crippen molar-refractivity contribution in [3.63, 3.8) is 0 Å². The molecule has 1 fully saturated rings. The third-order valence-corrected chi connectivity index (χ3v) is 8.03. The Labute approximate surface area is 177 Å². The van der Waals surface area contributed by atoms with Gasteiger partial charge in [-0.3, -0.25) is 4.79 Å². The SMILES string of the molecule is O=C(N[C@@H]1CCCc2ccccc21)c1cc(S(=O)(=O)N2CCCCC2)ccc1Cl. The number of fused-ring (bicyclic) bond motifs is 1. The third-order valence-electron chi connectivity index (χ3n) is 5.81. The normalized spacial score (nSPS) is 20.1. The van der Waals surface area contributed by atoms with Gasteiger partial charge in [-0.2, -0.15) is 4.31 Å². The van der Waals surface area contributed by atoms with E-state index in [0.717, 1.165) is 44.1 Å². The maximum atomic E-state index is 13.0. The van der Waals surface area contributed by atoms with Crippen LogP contribution in [0.4, 0.5) is 0 Å². The van der Waals surface area contributed by atoms with Crippen LogP contribution in [0.1, 0.15) is 59.6 Å². The minimum absolute atomic E-state index is 0.0918. The number of hydrogen-bond donors (Lipinski definition) is 1. The Balaban J connectivity index is 1.59. The van der Waals surface area contributed by atoms with E-state index in [0.29, 0.717) is 13.1 Å². The summed E-state index contributed by atoms with van der Waals surface area (Å²) in [4.78, 5) is 13.1. The predicted octanol–water partition coefficient (Wildman–Crippen LogP) is 4.32. The lowest BCUT2D eigenvalue weighted by Crippen LogP contribution is -2.36. The van der Waals surface area contributed by atoms with E-state index in [-0.39, 0.29) is 27.4 Å². The summed E-state index contributed by atoms with van der Waals surface area (Å²) < 4.78 is 27.5. The monoisotopic (exact) mass is 432 g/mol. The van der Waals surface area contributed by atoms with Gasteiger partial charge in [-0.1, -0.05) is 42.3 Å². The molecule has 7 heteroatoms. The fraction of sp³-hybridized carbons (Fsp3) is 0.409. The first-order valence-corrected chi connectivity index (χ1v) is 12.0. The highest BCUT2D eigenvalue weighted by atomic mass is 35.5. The van der Waals surface area contributed by atoms with Gasteiger partial charge in [0.15, 0.2) is 0 Å². The molecular weight excluding hydrogens is 408 g/mol.